The van der Waals surface area contributed by atoms with Crippen LogP contribution in [0.5, 0.6) is 0 Å². The third-order valence-electron chi connectivity index (χ3n) is 1.94. The van der Waals surface area contributed by atoms with E-state index in [4.69, 9.17) is 16.3 Å². The normalized spacial score (nSPS) is 10.6. The van der Waals surface area contributed by atoms with E-state index >= 15 is 0 Å². The number of thioether (sulfide) groups is 1. The highest BCUT2D eigenvalue weighted by Crippen LogP contribution is 2.30. The number of hydrogen-bond donors (Lipinski definition) is 0. The van der Waals surface area contributed by atoms with Crippen LogP contribution >= 0.6 is 34.7 Å². The van der Waals surface area contributed by atoms with Crippen LogP contribution in [0, 0.1) is 0 Å². The lowest BCUT2D eigenvalue weighted by Crippen LogP contribution is -1.99. The highest BCUT2D eigenvalue weighted by atomic mass is 35.5. The number of ether oxygens (including phenoxy) is 1. The van der Waals surface area contributed by atoms with E-state index in [1.807, 2.05) is 24.3 Å². The summed E-state index contributed by atoms with van der Waals surface area (Å²) in [5, 5.41) is -0.325. The highest BCUT2D eigenvalue weighted by Gasteiger charge is 2.10. The van der Waals surface area contributed by atoms with E-state index in [0.29, 0.717) is 23.2 Å². The Labute approximate surface area is 112 Å². The lowest BCUT2D eigenvalue weighted by molar-refractivity contribution is 0.175. The fourth-order valence-electron chi connectivity index (χ4n) is 1.21. The molecule has 1 heterocycles. The van der Waals surface area contributed by atoms with E-state index in [-0.39, 0.29) is 5.30 Å². The molecule has 1 aromatic heterocycles. The van der Waals surface area contributed by atoms with Crippen LogP contribution < -0.4 is 0 Å². The molecule has 0 amide bonds. The summed E-state index contributed by atoms with van der Waals surface area (Å²) in [6.07, 6.45) is 0.674. The first kappa shape index (κ1) is 12.7. The zero-order valence-electron chi connectivity index (χ0n) is 8.89. The number of aromatic nitrogens is 1. The summed E-state index contributed by atoms with van der Waals surface area (Å²) in [7, 11) is 0. The lowest BCUT2D eigenvalue weighted by Gasteiger charge is -1.99. The van der Waals surface area contributed by atoms with Crippen molar-refractivity contribution < 1.29 is 9.53 Å². The summed E-state index contributed by atoms with van der Waals surface area (Å²) >= 11 is 8.00. The first-order valence-electron chi connectivity index (χ1n) is 5.06. The van der Waals surface area contributed by atoms with Gasteiger partial charge in [0, 0.05) is 17.6 Å². The number of para-hydroxylation sites is 1. The van der Waals surface area contributed by atoms with Gasteiger partial charge in [0.05, 0.1) is 16.8 Å². The molecule has 0 unspecified atom stereocenters. The van der Waals surface area contributed by atoms with Gasteiger partial charge in [-0.3, -0.25) is 0 Å². The maximum atomic E-state index is 11.4. The molecule has 0 aliphatic heterocycles. The number of thiazole rings is 1. The third-order valence-corrected chi connectivity index (χ3v) is 4.09. The number of benzene rings is 1. The Morgan fingerprint density at radius 2 is 2.29 bits per heavy atom. The van der Waals surface area contributed by atoms with E-state index in [2.05, 4.69) is 4.98 Å². The molecule has 0 saturated heterocycles. The molecule has 6 heteroatoms. The predicted molar refractivity (Wildman–Crippen MR) is 72.2 cm³/mol. The molecule has 0 N–H and O–H groups in total. The minimum atomic E-state index is -0.325. The minimum absolute atomic E-state index is 0.325. The molecule has 2 rings (SSSR count). The number of rotatable bonds is 4. The Balaban J connectivity index is 1.96. The molecule has 0 bridgehead atoms. The summed E-state index contributed by atoms with van der Waals surface area (Å²) in [6, 6.07) is 7.79. The third kappa shape index (κ3) is 3.59. The molecular formula is C11H10ClNO2S2. The van der Waals surface area contributed by atoms with Gasteiger partial charge in [0.25, 0.3) is 0 Å². The number of alkyl halides is 1. The molecule has 17 heavy (non-hydrogen) atoms. The molecule has 0 fully saturated rings. The van der Waals surface area contributed by atoms with Crippen LogP contribution in [0.4, 0.5) is 4.79 Å². The second-order valence-corrected chi connectivity index (χ2v) is 5.78. The molecular weight excluding hydrogens is 278 g/mol. The second-order valence-electron chi connectivity index (χ2n) is 3.19. The van der Waals surface area contributed by atoms with Crippen molar-refractivity contribution in [1.29, 1.82) is 0 Å². The Morgan fingerprint density at radius 1 is 1.47 bits per heavy atom. The molecule has 1 aromatic carbocycles. The molecule has 90 valence electrons. The number of carbonyl (C=O) groups excluding carboxylic acids is 1. The van der Waals surface area contributed by atoms with Crippen LogP contribution in [0.2, 0.25) is 0 Å². The lowest BCUT2D eigenvalue weighted by atomic mass is 10.3. The smallest absolute Gasteiger partial charge is 0.374 e. The second kappa shape index (κ2) is 6.23. The largest absolute Gasteiger partial charge is 0.457 e. The van der Waals surface area contributed by atoms with Crippen LogP contribution in [0.3, 0.4) is 0 Å². The van der Waals surface area contributed by atoms with Gasteiger partial charge >= 0.3 is 5.30 Å². The molecule has 2 aromatic rings. The molecule has 0 atom stereocenters. The number of fused-ring (bicyclic) bond motifs is 1. The van der Waals surface area contributed by atoms with Crippen molar-refractivity contribution in [2.24, 2.45) is 0 Å². The Morgan fingerprint density at radius 3 is 3.06 bits per heavy atom. The monoisotopic (exact) mass is 287 g/mol. The van der Waals surface area contributed by atoms with Gasteiger partial charge in [0.2, 0.25) is 0 Å². The summed E-state index contributed by atoms with van der Waals surface area (Å²) in [6.45, 7) is 0.361. The highest BCUT2D eigenvalue weighted by molar-refractivity contribution is 8.14. The standard InChI is InChI=1S/C11H10ClNO2S2/c12-6-3-7-15-11(14)17-10-13-8-4-1-2-5-9(8)16-10/h1-2,4-5H,3,6-7H2. The van der Waals surface area contributed by atoms with Gasteiger partial charge in [-0.15, -0.1) is 22.9 Å². The van der Waals surface area contributed by atoms with Crippen LogP contribution in [-0.4, -0.2) is 22.8 Å². The maximum Gasteiger partial charge on any atom is 0.374 e. The average Bonchev–Trinajstić information content (AvgIpc) is 2.71. The SMILES string of the molecule is O=C(OCCCCl)Sc1nc2ccccc2s1. The van der Waals surface area contributed by atoms with Crippen molar-refractivity contribution in [2.75, 3.05) is 12.5 Å². The van der Waals surface area contributed by atoms with E-state index in [1.165, 1.54) is 11.3 Å². The quantitative estimate of drug-likeness (QED) is 0.366. The summed E-state index contributed by atoms with van der Waals surface area (Å²) < 4.78 is 6.77. The Bertz CT molecular complexity index is 482. The molecule has 0 saturated carbocycles. The maximum absolute atomic E-state index is 11.4. The van der Waals surface area contributed by atoms with Crippen molar-refractivity contribution in [2.45, 2.75) is 10.8 Å². The fourth-order valence-corrected chi connectivity index (χ4v) is 3.08. The van der Waals surface area contributed by atoms with Crippen molar-refractivity contribution >= 4 is 50.2 Å². The van der Waals surface area contributed by atoms with Gasteiger partial charge in [0.15, 0.2) is 4.34 Å². The van der Waals surface area contributed by atoms with Crippen molar-refractivity contribution in [3.63, 3.8) is 0 Å². The average molecular weight is 288 g/mol. The predicted octanol–water partition coefficient (Wildman–Crippen LogP) is 4.15. The van der Waals surface area contributed by atoms with Crippen LogP contribution in [0.15, 0.2) is 28.6 Å². The summed E-state index contributed by atoms with van der Waals surface area (Å²) in [4.78, 5) is 15.8. The number of halogens is 1. The number of nitrogens with zero attached hydrogens (tertiary/aromatic N) is 1. The Kier molecular flexibility index (Phi) is 4.65. The molecule has 3 nitrogen and oxygen atoms in total. The molecule has 0 spiro atoms. The number of hydrogen-bond acceptors (Lipinski definition) is 5. The molecule has 0 radical (unpaired) electrons. The van der Waals surface area contributed by atoms with Gasteiger partial charge in [-0.25, -0.2) is 9.78 Å². The fraction of sp³-hybridized carbons (Fsp3) is 0.273. The minimum Gasteiger partial charge on any atom is -0.457 e. The van der Waals surface area contributed by atoms with Gasteiger partial charge in [-0.1, -0.05) is 12.1 Å². The van der Waals surface area contributed by atoms with Crippen LogP contribution in [0.1, 0.15) is 6.42 Å². The first-order valence-corrected chi connectivity index (χ1v) is 7.22. The van der Waals surface area contributed by atoms with Crippen molar-refractivity contribution in [1.82, 2.24) is 4.98 Å². The molecule has 0 aliphatic carbocycles. The van der Waals surface area contributed by atoms with Crippen LogP contribution in [0.25, 0.3) is 10.2 Å². The van der Waals surface area contributed by atoms with Gasteiger partial charge in [-0.05, 0) is 18.6 Å². The summed E-state index contributed by atoms with van der Waals surface area (Å²) in [5.74, 6) is 0.499. The summed E-state index contributed by atoms with van der Waals surface area (Å²) in [5.41, 5.74) is 0.911. The zero-order chi connectivity index (χ0) is 12.1. The van der Waals surface area contributed by atoms with E-state index in [9.17, 15) is 4.79 Å². The van der Waals surface area contributed by atoms with Gasteiger partial charge in [-0.2, -0.15) is 0 Å². The van der Waals surface area contributed by atoms with E-state index < -0.39 is 0 Å². The van der Waals surface area contributed by atoms with E-state index in [1.54, 1.807) is 0 Å². The van der Waals surface area contributed by atoms with Gasteiger partial charge in [0.1, 0.15) is 0 Å². The first-order chi connectivity index (χ1) is 8.29. The van der Waals surface area contributed by atoms with Crippen LogP contribution in [-0.2, 0) is 4.74 Å². The van der Waals surface area contributed by atoms with Crippen molar-refractivity contribution in [3.8, 4) is 0 Å². The van der Waals surface area contributed by atoms with Gasteiger partial charge < -0.3 is 4.74 Å². The Hall–Kier alpha value is -0.780. The molecule has 0 aliphatic rings. The zero-order valence-corrected chi connectivity index (χ0v) is 11.3. The number of carbonyl (C=O) groups is 1. The van der Waals surface area contributed by atoms with E-state index in [0.717, 1.165) is 22.0 Å². The topological polar surface area (TPSA) is 39.2 Å². The van der Waals surface area contributed by atoms with Crippen molar-refractivity contribution in [3.05, 3.63) is 24.3 Å².